The predicted molar refractivity (Wildman–Crippen MR) is 174 cm³/mol. The van der Waals surface area contributed by atoms with E-state index in [4.69, 9.17) is 9.47 Å². The Kier molecular flexibility index (Phi) is 7.64. The molecule has 6 aromatic rings. The number of carbonyl (C=O) groups excluding carboxylic acids is 2. The van der Waals surface area contributed by atoms with E-state index in [0.717, 1.165) is 21.8 Å². The van der Waals surface area contributed by atoms with Crippen molar-refractivity contribution in [3.8, 4) is 11.5 Å². The summed E-state index contributed by atoms with van der Waals surface area (Å²) in [7, 11) is 6.91. The molecule has 0 amide bonds. The summed E-state index contributed by atoms with van der Waals surface area (Å²) in [6.45, 7) is 0. The van der Waals surface area contributed by atoms with Crippen molar-refractivity contribution in [2.24, 2.45) is 24.3 Å². The molecule has 0 N–H and O–H groups in total. The Balaban J connectivity index is 1.41. The van der Waals surface area contributed by atoms with Crippen molar-refractivity contribution in [1.82, 2.24) is 9.13 Å². The van der Waals surface area contributed by atoms with Crippen LogP contribution in [0, 0.1) is 0 Å². The molecule has 218 valence electrons. The molecule has 0 spiro atoms. The summed E-state index contributed by atoms with van der Waals surface area (Å²) in [6, 6.07) is 29.6. The Labute approximate surface area is 254 Å². The van der Waals surface area contributed by atoms with Crippen molar-refractivity contribution in [2.45, 2.75) is 0 Å². The van der Waals surface area contributed by atoms with Crippen LogP contribution < -0.4 is 9.47 Å². The fourth-order valence-corrected chi connectivity index (χ4v) is 5.60. The molecule has 0 aliphatic carbocycles. The largest absolute Gasteiger partial charge is 0.497 e. The molecule has 0 aliphatic heterocycles. The fourth-order valence-electron chi connectivity index (χ4n) is 5.60. The van der Waals surface area contributed by atoms with E-state index in [-0.39, 0.29) is 11.6 Å². The summed E-state index contributed by atoms with van der Waals surface area (Å²) < 4.78 is 14.3. The third-order valence-corrected chi connectivity index (χ3v) is 7.87. The van der Waals surface area contributed by atoms with E-state index in [2.05, 4.69) is 10.2 Å². The first-order valence-corrected chi connectivity index (χ1v) is 14.0. The normalized spacial score (nSPS) is 11.6. The molecular formula is C36H30N4O4. The second-order valence-electron chi connectivity index (χ2n) is 10.3. The summed E-state index contributed by atoms with van der Waals surface area (Å²) in [5.41, 5.74) is 5.18. The monoisotopic (exact) mass is 582 g/mol. The predicted octanol–water partition coefficient (Wildman–Crippen LogP) is 6.60. The maximum atomic E-state index is 13.7. The van der Waals surface area contributed by atoms with Crippen LogP contribution in [0.5, 0.6) is 11.5 Å². The van der Waals surface area contributed by atoms with Gasteiger partial charge in [-0.05, 0) is 60.7 Å². The van der Waals surface area contributed by atoms with Gasteiger partial charge >= 0.3 is 0 Å². The number of ether oxygens (including phenoxy) is 2. The molecule has 6 rings (SSSR count). The molecule has 44 heavy (non-hydrogen) atoms. The average Bonchev–Trinajstić information content (AvgIpc) is 3.52. The summed E-state index contributed by atoms with van der Waals surface area (Å²) in [5, 5.41) is 10.6. The molecule has 0 unspecified atom stereocenters. The van der Waals surface area contributed by atoms with E-state index >= 15 is 0 Å². The average molecular weight is 583 g/mol. The lowest BCUT2D eigenvalue weighted by Crippen LogP contribution is -2.10. The highest BCUT2D eigenvalue weighted by atomic mass is 16.5. The number of nitrogens with zero attached hydrogens (tertiary/aromatic N) is 4. The first-order chi connectivity index (χ1) is 21.4. The molecule has 2 heterocycles. The SMILES string of the molecule is COc1ccc(C(=O)c2c(/C=N/N=C/c3c(C(=O)c4ccc(OC)cc4)n(C)c4ccccc34)c3ccccc3n2C)cc1. The van der Waals surface area contributed by atoms with Crippen molar-refractivity contribution in [3.63, 3.8) is 0 Å². The second-order valence-corrected chi connectivity index (χ2v) is 10.3. The molecule has 8 nitrogen and oxygen atoms in total. The molecule has 4 aromatic carbocycles. The first-order valence-electron chi connectivity index (χ1n) is 14.0. The number of rotatable bonds is 9. The zero-order valence-electron chi connectivity index (χ0n) is 24.8. The highest BCUT2D eigenvalue weighted by Crippen LogP contribution is 2.28. The quantitative estimate of drug-likeness (QED) is 0.109. The van der Waals surface area contributed by atoms with E-state index in [1.54, 1.807) is 75.2 Å². The van der Waals surface area contributed by atoms with Crippen LogP contribution >= 0.6 is 0 Å². The number of hydrogen-bond acceptors (Lipinski definition) is 6. The molecular weight excluding hydrogens is 552 g/mol. The molecule has 2 aromatic heterocycles. The Morgan fingerprint density at radius 2 is 0.932 bits per heavy atom. The molecule has 0 atom stereocenters. The van der Waals surface area contributed by atoms with Crippen LogP contribution in [0.4, 0.5) is 0 Å². The molecule has 0 saturated heterocycles. The van der Waals surface area contributed by atoms with Crippen LogP contribution in [0.2, 0.25) is 0 Å². The van der Waals surface area contributed by atoms with Gasteiger partial charge in [0.1, 0.15) is 11.5 Å². The van der Waals surface area contributed by atoms with Crippen LogP contribution in [-0.4, -0.2) is 47.3 Å². The van der Waals surface area contributed by atoms with Crippen molar-refractivity contribution in [3.05, 3.63) is 131 Å². The zero-order valence-corrected chi connectivity index (χ0v) is 24.8. The highest BCUT2D eigenvalue weighted by molar-refractivity contribution is 6.19. The van der Waals surface area contributed by atoms with Gasteiger partial charge in [0.2, 0.25) is 11.6 Å². The third kappa shape index (κ3) is 4.96. The third-order valence-electron chi connectivity index (χ3n) is 7.87. The number of aryl methyl sites for hydroxylation is 2. The van der Waals surface area contributed by atoms with E-state index in [9.17, 15) is 9.59 Å². The Hall–Kier alpha value is -5.76. The van der Waals surface area contributed by atoms with Gasteiger partial charge in [-0.2, -0.15) is 10.2 Å². The standard InChI is InChI=1S/C36H30N4O4/c1-39-31-11-7-5-9-27(31)29(33(39)35(41)23-13-17-25(43-3)18-14-23)21-37-38-22-30-28-10-6-8-12-32(28)40(2)34(30)36(42)24-15-19-26(44-4)20-16-24/h5-22H,1-4H3/b37-21+,38-22+. The minimum absolute atomic E-state index is 0.141. The molecule has 0 fully saturated rings. The Bertz CT molecular complexity index is 1930. The molecule has 0 aliphatic rings. The van der Waals surface area contributed by atoms with Crippen molar-refractivity contribution >= 4 is 45.8 Å². The van der Waals surface area contributed by atoms with Crippen molar-refractivity contribution < 1.29 is 19.1 Å². The number of fused-ring (bicyclic) bond motifs is 2. The highest BCUT2D eigenvalue weighted by Gasteiger charge is 2.23. The maximum absolute atomic E-state index is 13.7. The van der Waals surface area contributed by atoms with Gasteiger partial charge in [-0.1, -0.05) is 36.4 Å². The van der Waals surface area contributed by atoms with Gasteiger partial charge in [-0.25, -0.2) is 0 Å². The minimum atomic E-state index is -0.141. The van der Waals surface area contributed by atoms with Gasteiger partial charge in [0.15, 0.2) is 0 Å². The van der Waals surface area contributed by atoms with E-state index in [1.165, 1.54) is 0 Å². The Morgan fingerprint density at radius 1 is 0.568 bits per heavy atom. The number of para-hydroxylation sites is 2. The summed E-state index contributed by atoms with van der Waals surface area (Å²) >= 11 is 0. The lowest BCUT2D eigenvalue weighted by Gasteiger charge is -2.06. The second kappa shape index (κ2) is 11.9. The van der Waals surface area contributed by atoms with Crippen LogP contribution in [0.3, 0.4) is 0 Å². The van der Waals surface area contributed by atoms with E-state index in [1.807, 2.05) is 71.8 Å². The van der Waals surface area contributed by atoms with Crippen LogP contribution in [-0.2, 0) is 14.1 Å². The van der Waals surface area contributed by atoms with Gasteiger partial charge in [0.05, 0.1) is 38.0 Å². The van der Waals surface area contributed by atoms with Crippen molar-refractivity contribution in [2.75, 3.05) is 14.2 Å². The summed E-state index contributed by atoms with van der Waals surface area (Å²) in [6.07, 6.45) is 3.21. The van der Waals surface area contributed by atoms with Gasteiger partial charge < -0.3 is 18.6 Å². The zero-order chi connectivity index (χ0) is 30.8. The topological polar surface area (TPSA) is 87.2 Å². The maximum Gasteiger partial charge on any atom is 0.210 e. The lowest BCUT2D eigenvalue weighted by atomic mass is 10.0. The number of methoxy groups -OCH3 is 2. The molecule has 0 bridgehead atoms. The number of benzene rings is 4. The number of ketones is 2. The number of aromatic nitrogens is 2. The smallest absolute Gasteiger partial charge is 0.210 e. The van der Waals surface area contributed by atoms with Gasteiger partial charge in [0, 0.05) is 58.2 Å². The van der Waals surface area contributed by atoms with Gasteiger partial charge in [-0.15, -0.1) is 0 Å². The first kappa shape index (κ1) is 28.4. The van der Waals surface area contributed by atoms with Crippen LogP contribution in [0.25, 0.3) is 21.8 Å². The van der Waals surface area contributed by atoms with E-state index < -0.39 is 0 Å². The summed E-state index contributed by atoms with van der Waals surface area (Å²) in [5.74, 6) is 1.07. The Morgan fingerprint density at radius 3 is 1.30 bits per heavy atom. The van der Waals surface area contributed by atoms with Crippen LogP contribution in [0.15, 0.2) is 107 Å². The van der Waals surface area contributed by atoms with E-state index in [0.29, 0.717) is 45.1 Å². The molecule has 0 radical (unpaired) electrons. The molecule has 8 heteroatoms. The van der Waals surface area contributed by atoms with Gasteiger partial charge in [-0.3, -0.25) is 9.59 Å². The molecule has 0 saturated carbocycles. The van der Waals surface area contributed by atoms with Crippen LogP contribution in [0.1, 0.15) is 43.2 Å². The summed E-state index contributed by atoms with van der Waals surface area (Å²) in [4.78, 5) is 27.5. The fraction of sp³-hybridized carbons (Fsp3) is 0.111. The lowest BCUT2D eigenvalue weighted by molar-refractivity contribution is 0.102. The number of hydrogen-bond donors (Lipinski definition) is 0. The van der Waals surface area contributed by atoms with Crippen molar-refractivity contribution in [1.29, 1.82) is 0 Å². The van der Waals surface area contributed by atoms with Gasteiger partial charge in [0.25, 0.3) is 0 Å². The minimum Gasteiger partial charge on any atom is -0.497 e. The number of carbonyl (C=O) groups is 2.